The number of nitrogens with zero attached hydrogens (tertiary/aromatic N) is 4. The fourth-order valence-corrected chi connectivity index (χ4v) is 4.93. The average Bonchev–Trinajstić information content (AvgIpc) is 3.59. The van der Waals surface area contributed by atoms with Gasteiger partial charge in [-0.05, 0) is 35.1 Å². The van der Waals surface area contributed by atoms with Crippen LogP contribution in [0, 0.1) is 5.41 Å². The van der Waals surface area contributed by atoms with Crippen molar-refractivity contribution in [1.29, 1.82) is 0 Å². The van der Waals surface area contributed by atoms with Gasteiger partial charge in [0.1, 0.15) is 0 Å². The Hall–Kier alpha value is -3.12. The summed E-state index contributed by atoms with van der Waals surface area (Å²) >= 11 is 0. The first-order chi connectivity index (χ1) is 15.7. The number of aromatic nitrogens is 2. The van der Waals surface area contributed by atoms with Gasteiger partial charge in [0.25, 0.3) is 0 Å². The van der Waals surface area contributed by atoms with Gasteiger partial charge in [-0.2, -0.15) is 0 Å². The van der Waals surface area contributed by atoms with Crippen molar-refractivity contribution in [3.63, 3.8) is 0 Å². The molecule has 3 heterocycles. The topological polar surface area (TPSA) is 54.7 Å². The summed E-state index contributed by atoms with van der Waals surface area (Å²) in [5, 5.41) is 3.61. The standard InChI is InChI=1S/C26H31N5O/c1-27-25(31-13-10-26(18-31)11-15-32-19-26)29-16-23-4-2-3-5-24(23)22-8-6-21(7-9-22)17-30-14-12-28-20-30/h2-9,12,14,20H,10-11,13,15-19H2,1H3,(H,27,29). The maximum absolute atomic E-state index is 5.68. The predicted octanol–water partition coefficient (Wildman–Crippen LogP) is 3.79. The van der Waals surface area contributed by atoms with Crippen molar-refractivity contribution < 1.29 is 4.74 Å². The molecule has 6 heteroatoms. The van der Waals surface area contributed by atoms with E-state index in [-0.39, 0.29) is 0 Å². The number of hydrogen-bond donors (Lipinski definition) is 1. The summed E-state index contributed by atoms with van der Waals surface area (Å²) < 4.78 is 7.77. The number of imidazole rings is 1. The van der Waals surface area contributed by atoms with E-state index in [0.29, 0.717) is 5.41 Å². The number of likely N-dealkylation sites (tertiary alicyclic amines) is 1. The van der Waals surface area contributed by atoms with E-state index in [1.165, 1.54) is 35.1 Å². The Kier molecular flexibility index (Phi) is 5.95. The van der Waals surface area contributed by atoms with Crippen LogP contribution in [-0.2, 0) is 17.8 Å². The molecule has 5 rings (SSSR count). The number of benzene rings is 2. The third kappa shape index (κ3) is 4.41. The third-order valence-corrected chi connectivity index (χ3v) is 6.78. The van der Waals surface area contributed by atoms with Gasteiger partial charge in [-0.1, -0.05) is 48.5 Å². The second kappa shape index (κ2) is 9.17. The van der Waals surface area contributed by atoms with E-state index in [0.717, 1.165) is 45.4 Å². The molecule has 0 saturated carbocycles. The molecular formula is C26H31N5O. The van der Waals surface area contributed by atoms with Gasteiger partial charge >= 0.3 is 0 Å². The molecule has 0 radical (unpaired) electrons. The molecule has 3 aromatic rings. The van der Waals surface area contributed by atoms with Crippen LogP contribution in [-0.4, -0.2) is 53.8 Å². The van der Waals surface area contributed by atoms with Gasteiger partial charge in [0.15, 0.2) is 5.96 Å². The fourth-order valence-electron chi connectivity index (χ4n) is 4.93. The van der Waals surface area contributed by atoms with Crippen LogP contribution in [0.5, 0.6) is 0 Å². The highest BCUT2D eigenvalue weighted by Crippen LogP contribution is 2.38. The zero-order chi connectivity index (χ0) is 21.8. The first-order valence-electron chi connectivity index (χ1n) is 11.4. The van der Waals surface area contributed by atoms with Crippen LogP contribution in [0.3, 0.4) is 0 Å². The Labute approximate surface area is 190 Å². The Balaban J connectivity index is 1.26. The summed E-state index contributed by atoms with van der Waals surface area (Å²) in [6.45, 7) is 5.45. The van der Waals surface area contributed by atoms with Crippen LogP contribution < -0.4 is 5.32 Å². The second-order valence-corrected chi connectivity index (χ2v) is 8.96. The summed E-state index contributed by atoms with van der Waals surface area (Å²) in [6.07, 6.45) is 8.01. The SMILES string of the molecule is CN=C(NCc1ccccc1-c1ccc(Cn2ccnc2)cc1)N1CCC2(CCOC2)C1. The number of aliphatic imine (C=N–C) groups is 1. The van der Waals surface area contributed by atoms with Gasteiger partial charge in [-0.25, -0.2) is 4.98 Å². The molecule has 32 heavy (non-hydrogen) atoms. The van der Waals surface area contributed by atoms with Crippen LogP contribution in [0.15, 0.2) is 72.2 Å². The summed E-state index contributed by atoms with van der Waals surface area (Å²) in [7, 11) is 1.88. The van der Waals surface area contributed by atoms with Gasteiger partial charge in [0.2, 0.25) is 0 Å². The maximum atomic E-state index is 5.68. The van der Waals surface area contributed by atoms with E-state index < -0.39 is 0 Å². The van der Waals surface area contributed by atoms with Gasteiger partial charge in [-0.3, -0.25) is 4.99 Å². The van der Waals surface area contributed by atoms with Crippen molar-refractivity contribution >= 4 is 5.96 Å². The minimum absolute atomic E-state index is 0.327. The van der Waals surface area contributed by atoms with Crippen LogP contribution in [0.4, 0.5) is 0 Å². The number of nitrogens with one attached hydrogen (secondary N) is 1. The van der Waals surface area contributed by atoms with Crippen molar-refractivity contribution in [3.05, 3.63) is 78.4 Å². The molecule has 1 aromatic heterocycles. The molecule has 2 aliphatic rings. The van der Waals surface area contributed by atoms with Crippen molar-refractivity contribution in [3.8, 4) is 11.1 Å². The van der Waals surface area contributed by atoms with Gasteiger partial charge in [0.05, 0.1) is 12.9 Å². The largest absolute Gasteiger partial charge is 0.381 e. The number of ether oxygens (including phenoxy) is 1. The molecule has 1 spiro atoms. The van der Waals surface area contributed by atoms with Crippen LogP contribution >= 0.6 is 0 Å². The van der Waals surface area contributed by atoms with Crippen LogP contribution in [0.2, 0.25) is 0 Å². The number of guanidine groups is 1. The normalized spacial score (nSPS) is 20.9. The van der Waals surface area contributed by atoms with E-state index in [4.69, 9.17) is 4.74 Å². The first-order valence-corrected chi connectivity index (χ1v) is 11.4. The highest BCUT2D eigenvalue weighted by atomic mass is 16.5. The smallest absolute Gasteiger partial charge is 0.193 e. The lowest BCUT2D eigenvalue weighted by Gasteiger charge is -2.25. The summed E-state index contributed by atoms with van der Waals surface area (Å²) in [5.74, 6) is 0.985. The molecule has 2 aromatic carbocycles. The van der Waals surface area contributed by atoms with Crippen molar-refractivity contribution in [2.75, 3.05) is 33.4 Å². The molecule has 2 fully saturated rings. The van der Waals surface area contributed by atoms with Crippen molar-refractivity contribution in [1.82, 2.24) is 19.8 Å². The third-order valence-electron chi connectivity index (χ3n) is 6.78. The highest BCUT2D eigenvalue weighted by molar-refractivity contribution is 5.80. The molecule has 1 atom stereocenters. The second-order valence-electron chi connectivity index (χ2n) is 8.96. The van der Waals surface area contributed by atoms with Gasteiger partial charge in [0, 0.05) is 57.6 Å². The molecule has 6 nitrogen and oxygen atoms in total. The van der Waals surface area contributed by atoms with E-state index in [1.807, 2.05) is 25.8 Å². The highest BCUT2D eigenvalue weighted by Gasteiger charge is 2.42. The van der Waals surface area contributed by atoms with E-state index >= 15 is 0 Å². The lowest BCUT2D eigenvalue weighted by Crippen LogP contribution is -2.41. The van der Waals surface area contributed by atoms with Gasteiger partial charge < -0.3 is 19.5 Å². The maximum Gasteiger partial charge on any atom is 0.193 e. The summed E-state index contributed by atoms with van der Waals surface area (Å²) in [4.78, 5) is 11.1. The zero-order valence-corrected chi connectivity index (χ0v) is 18.7. The monoisotopic (exact) mass is 429 g/mol. The molecule has 1 N–H and O–H groups in total. The van der Waals surface area contributed by atoms with Gasteiger partial charge in [-0.15, -0.1) is 0 Å². The minimum atomic E-state index is 0.327. The lowest BCUT2D eigenvalue weighted by atomic mass is 9.87. The Morgan fingerprint density at radius 2 is 2.03 bits per heavy atom. The van der Waals surface area contributed by atoms with Crippen molar-refractivity contribution in [2.45, 2.75) is 25.9 Å². The molecule has 0 bridgehead atoms. The van der Waals surface area contributed by atoms with Crippen LogP contribution in [0.1, 0.15) is 24.0 Å². The lowest BCUT2D eigenvalue weighted by molar-refractivity contribution is 0.156. The van der Waals surface area contributed by atoms with E-state index in [2.05, 4.69) is 73.3 Å². The molecule has 0 aliphatic carbocycles. The van der Waals surface area contributed by atoms with Crippen molar-refractivity contribution in [2.24, 2.45) is 10.4 Å². The molecule has 1 unspecified atom stereocenters. The molecule has 0 amide bonds. The Morgan fingerprint density at radius 3 is 2.78 bits per heavy atom. The predicted molar refractivity (Wildman–Crippen MR) is 127 cm³/mol. The molecule has 166 valence electrons. The Morgan fingerprint density at radius 1 is 1.16 bits per heavy atom. The van der Waals surface area contributed by atoms with Crippen LogP contribution in [0.25, 0.3) is 11.1 Å². The van der Waals surface area contributed by atoms with E-state index in [1.54, 1.807) is 0 Å². The fraction of sp³-hybridized carbons (Fsp3) is 0.385. The quantitative estimate of drug-likeness (QED) is 0.495. The zero-order valence-electron chi connectivity index (χ0n) is 18.7. The summed E-state index contributed by atoms with van der Waals surface area (Å²) in [5.41, 5.74) is 5.35. The Bertz CT molecular complexity index is 1050. The first kappa shape index (κ1) is 20.8. The minimum Gasteiger partial charge on any atom is -0.381 e. The van der Waals surface area contributed by atoms with E-state index in [9.17, 15) is 0 Å². The number of hydrogen-bond acceptors (Lipinski definition) is 3. The molecule has 2 aliphatic heterocycles. The summed E-state index contributed by atoms with van der Waals surface area (Å²) in [6, 6.07) is 17.4. The molecular weight excluding hydrogens is 398 g/mol. The number of rotatable bonds is 5. The average molecular weight is 430 g/mol. The molecule has 2 saturated heterocycles.